The zero-order valence-electron chi connectivity index (χ0n) is 15.7. The highest BCUT2D eigenvalue weighted by atomic mass is 16.5. The van der Waals surface area contributed by atoms with Crippen molar-refractivity contribution in [2.75, 3.05) is 31.6 Å². The summed E-state index contributed by atoms with van der Waals surface area (Å²) in [6, 6.07) is 5.84. The predicted octanol–water partition coefficient (Wildman–Crippen LogP) is 2.29. The number of rotatable bonds is 4. The molecule has 0 radical (unpaired) electrons. The van der Waals surface area contributed by atoms with Crippen LogP contribution in [-0.4, -0.2) is 52.5 Å². The summed E-state index contributed by atoms with van der Waals surface area (Å²) < 4.78 is 5.40. The lowest BCUT2D eigenvalue weighted by molar-refractivity contribution is -0.138. The minimum absolute atomic E-state index is 0.0868. The lowest BCUT2D eigenvalue weighted by Crippen LogP contribution is -2.54. The third-order valence-electron chi connectivity index (χ3n) is 5.63. The number of carbonyl (C=O) groups is 1. The monoisotopic (exact) mass is 367 g/mol. The molecular formula is C20H25N5O2. The lowest BCUT2D eigenvalue weighted by Gasteiger charge is -2.48. The van der Waals surface area contributed by atoms with Gasteiger partial charge in [-0.1, -0.05) is 6.07 Å². The Morgan fingerprint density at radius 2 is 2.00 bits per heavy atom. The number of nitrogens with zero attached hydrogens (tertiary/aromatic N) is 5. The van der Waals surface area contributed by atoms with E-state index in [1.54, 1.807) is 25.7 Å². The average Bonchev–Trinajstić information content (AvgIpc) is 2.72. The van der Waals surface area contributed by atoms with Crippen molar-refractivity contribution in [1.29, 1.82) is 0 Å². The maximum absolute atomic E-state index is 12.5. The Labute approximate surface area is 159 Å². The van der Waals surface area contributed by atoms with Gasteiger partial charge in [0.15, 0.2) is 5.82 Å². The van der Waals surface area contributed by atoms with Gasteiger partial charge in [-0.25, -0.2) is 9.97 Å². The molecule has 27 heavy (non-hydrogen) atoms. The first-order chi connectivity index (χ1) is 13.2. The number of amides is 1. The first-order valence-corrected chi connectivity index (χ1v) is 9.47. The van der Waals surface area contributed by atoms with E-state index in [0.29, 0.717) is 18.8 Å². The second kappa shape index (κ2) is 7.50. The summed E-state index contributed by atoms with van der Waals surface area (Å²) in [6.07, 6.45) is 8.85. The lowest BCUT2D eigenvalue weighted by atomic mass is 9.73. The van der Waals surface area contributed by atoms with Crippen LogP contribution in [0.15, 0.2) is 36.8 Å². The largest absolute Gasteiger partial charge is 0.478 e. The number of likely N-dealkylation sites (tertiary alicyclic amines) is 1. The molecule has 4 rings (SSSR count). The van der Waals surface area contributed by atoms with Crippen LogP contribution in [0.25, 0.3) is 0 Å². The number of hydrogen-bond donors (Lipinski definition) is 0. The van der Waals surface area contributed by atoms with Gasteiger partial charge in [0.25, 0.3) is 5.88 Å². The molecule has 2 aliphatic heterocycles. The van der Waals surface area contributed by atoms with Gasteiger partial charge in [-0.15, -0.1) is 0 Å². The fourth-order valence-corrected chi connectivity index (χ4v) is 4.33. The van der Waals surface area contributed by atoms with Gasteiger partial charge in [-0.3, -0.25) is 9.78 Å². The molecule has 2 aromatic heterocycles. The van der Waals surface area contributed by atoms with Gasteiger partial charge in [0, 0.05) is 50.1 Å². The summed E-state index contributed by atoms with van der Waals surface area (Å²) in [5.74, 6) is 1.58. The van der Waals surface area contributed by atoms with Crippen LogP contribution in [0.1, 0.15) is 31.4 Å². The number of aromatic nitrogens is 3. The Hall–Kier alpha value is -2.70. The van der Waals surface area contributed by atoms with Gasteiger partial charge in [0.2, 0.25) is 5.91 Å². The van der Waals surface area contributed by atoms with E-state index in [1.807, 2.05) is 23.1 Å². The van der Waals surface area contributed by atoms with Crippen LogP contribution in [0.2, 0.25) is 0 Å². The van der Waals surface area contributed by atoms with Crippen molar-refractivity contribution >= 4 is 11.7 Å². The first-order valence-electron chi connectivity index (χ1n) is 9.47. The van der Waals surface area contributed by atoms with E-state index >= 15 is 0 Å². The molecule has 2 aromatic rings. The molecule has 1 spiro atoms. The van der Waals surface area contributed by atoms with Gasteiger partial charge in [-0.05, 0) is 31.4 Å². The summed E-state index contributed by atoms with van der Waals surface area (Å²) in [7, 11) is 1.63. The van der Waals surface area contributed by atoms with E-state index in [1.165, 1.54) is 0 Å². The van der Waals surface area contributed by atoms with Crippen molar-refractivity contribution < 1.29 is 9.53 Å². The number of hydrogen-bond acceptors (Lipinski definition) is 6. The van der Waals surface area contributed by atoms with Gasteiger partial charge >= 0.3 is 0 Å². The van der Waals surface area contributed by atoms with E-state index in [2.05, 4.69) is 19.9 Å². The zero-order valence-corrected chi connectivity index (χ0v) is 15.7. The summed E-state index contributed by atoms with van der Waals surface area (Å²) in [6.45, 7) is 3.15. The molecule has 0 unspecified atom stereocenters. The van der Waals surface area contributed by atoms with Crippen LogP contribution < -0.4 is 9.64 Å². The molecule has 0 N–H and O–H groups in total. The smallest absolute Gasteiger partial charge is 0.257 e. The predicted molar refractivity (Wildman–Crippen MR) is 101 cm³/mol. The van der Waals surface area contributed by atoms with Crippen LogP contribution in [0.4, 0.5) is 5.82 Å². The number of carbonyl (C=O) groups excluding carboxylic acids is 1. The van der Waals surface area contributed by atoms with Crippen molar-refractivity contribution in [2.45, 2.75) is 32.2 Å². The van der Waals surface area contributed by atoms with E-state index in [9.17, 15) is 4.79 Å². The Bertz CT molecular complexity index is 800. The van der Waals surface area contributed by atoms with E-state index in [-0.39, 0.29) is 11.3 Å². The Kier molecular flexibility index (Phi) is 4.92. The zero-order chi connectivity index (χ0) is 18.7. The maximum Gasteiger partial charge on any atom is 0.257 e. The summed E-state index contributed by atoms with van der Waals surface area (Å²) in [5, 5.41) is 0. The van der Waals surface area contributed by atoms with Crippen molar-refractivity contribution in [3.63, 3.8) is 0 Å². The minimum atomic E-state index is 0.0868. The highest BCUT2D eigenvalue weighted by molar-refractivity contribution is 5.77. The normalized spacial score (nSPS) is 22.9. The molecule has 2 aliphatic rings. The molecule has 0 bridgehead atoms. The molecule has 7 heteroatoms. The molecule has 2 fully saturated rings. The van der Waals surface area contributed by atoms with Gasteiger partial charge in [0.05, 0.1) is 19.3 Å². The minimum Gasteiger partial charge on any atom is -0.478 e. The van der Waals surface area contributed by atoms with E-state index in [0.717, 1.165) is 50.4 Å². The molecule has 0 aliphatic carbocycles. The third-order valence-corrected chi connectivity index (χ3v) is 5.63. The Balaban J connectivity index is 1.52. The van der Waals surface area contributed by atoms with Gasteiger partial charge < -0.3 is 14.5 Å². The molecule has 4 heterocycles. The summed E-state index contributed by atoms with van der Waals surface area (Å²) >= 11 is 0. The average molecular weight is 367 g/mol. The van der Waals surface area contributed by atoms with Crippen LogP contribution in [0.5, 0.6) is 5.88 Å². The number of ether oxygens (including phenoxy) is 1. The molecule has 2 saturated heterocycles. The quantitative estimate of drug-likeness (QED) is 0.826. The highest BCUT2D eigenvalue weighted by Gasteiger charge is 2.42. The van der Waals surface area contributed by atoms with E-state index in [4.69, 9.17) is 4.74 Å². The molecule has 0 saturated carbocycles. The third kappa shape index (κ3) is 3.72. The Morgan fingerprint density at radius 3 is 2.81 bits per heavy atom. The highest BCUT2D eigenvalue weighted by Crippen LogP contribution is 2.41. The van der Waals surface area contributed by atoms with Gasteiger partial charge in [-0.2, -0.15) is 0 Å². The topological polar surface area (TPSA) is 71.5 Å². The van der Waals surface area contributed by atoms with Crippen molar-refractivity contribution in [3.8, 4) is 5.88 Å². The van der Waals surface area contributed by atoms with Gasteiger partial charge in [0.1, 0.15) is 0 Å². The molecule has 0 aromatic carbocycles. The van der Waals surface area contributed by atoms with Crippen molar-refractivity contribution in [3.05, 3.63) is 42.5 Å². The van der Waals surface area contributed by atoms with Crippen LogP contribution in [0, 0.1) is 5.41 Å². The number of pyridine rings is 1. The van der Waals surface area contributed by atoms with E-state index < -0.39 is 0 Å². The van der Waals surface area contributed by atoms with Crippen LogP contribution in [0.3, 0.4) is 0 Å². The number of piperidine rings is 2. The molecule has 1 atom stereocenters. The van der Waals surface area contributed by atoms with Crippen LogP contribution >= 0.6 is 0 Å². The summed E-state index contributed by atoms with van der Waals surface area (Å²) in [5.41, 5.74) is 1.02. The Morgan fingerprint density at radius 1 is 1.11 bits per heavy atom. The first kappa shape index (κ1) is 17.7. The maximum atomic E-state index is 12.5. The van der Waals surface area contributed by atoms with Crippen molar-refractivity contribution in [2.24, 2.45) is 5.41 Å². The molecule has 7 nitrogen and oxygen atoms in total. The molecule has 142 valence electrons. The molecule has 1 amide bonds. The second-order valence-electron chi connectivity index (χ2n) is 7.49. The summed E-state index contributed by atoms with van der Waals surface area (Å²) in [4.78, 5) is 29.9. The fourth-order valence-electron chi connectivity index (χ4n) is 4.33. The standard InChI is InChI=1S/C20H25N5O2/c1-27-19-18(22-10-11-23-19)24-12-4-7-20(14-24)8-6-17(26)25(15-20)13-16-5-2-3-9-21-16/h2-3,5,9-11H,4,6-8,12-15H2,1H3/t20-/m0/s1. The van der Waals surface area contributed by atoms with Crippen LogP contribution in [-0.2, 0) is 11.3 Å². The SMILES string of the molecule is COc1nccnc1N1CCC[C@]2(CCC(=O)N(Cc3ccccn3)C2)C1. The van der Waals surface area contributed by atoms with Crippen molar-refractivity contribution in [1.82, 2.24) is 19.9 Å². The molecular weight excluding hydrogens is 342 g/mol. The number of anilines is 1. The second-order valence-corrected chi connectivity index (χ2v) is 7.49. The number of methoxy groups -OCH3 is 1. The fraction of sp³-hybridized carbons (Fsp3) is 0.500.